The lowest BCUT2D eigenvalue weighted by molar-refractivity contribution is -0.140. The first-order valence-electron chi connectivity index (χ1n) is 12.6. The fraction of sp³-hybridized carbons (Fsp3) is 0.464. The van der Waals surface area contributed by atoms with E-state index in [1.54, 1.807) is 4.90 Å². The molecule has 2 aromatic carbocycles. The van der Waals surface area contributed by atoms with E-state index < -0.39 is 12.1 Å². The lowest BCUT2D eigenvalue weighted by Gasteiger charge is -2.33. The summed E-state index contributed by atoms with van der Waals surface area (Å²) in [4.78, 5) is 38.6. The third kappa shape index (κ3) is 5.34. The smallest absolute Gasteiger partial charge is 0.407 e. The second kappa shape index (κ2) is 10.1. The minimum atomic E-state index is -0.822. The van der Waals surface area contributed by atoms with Crippen LogP contribution in [0.3, 0.4) is 0 Å². The number of carboxylic acids is 1. The summed E-state index contributed by atoms with van der Waals surface area (Å²) in [7, 11) is 0. The number of aliphatic carboxylic acids is 1. The Morgan fingerprint density at radius 3 is 2.29 bits per heavy atom. The highest BCUT2D eigenvalue weighted by Crippen LogP contribution is 2.44. The number of carbonyl (C=O) groups excluding carboxylic acids is 2. The summed E-state index contributed by atoms with van der Waals surface area (Å²) in [5.74, 6) is -0.555. The van der Waals surface area contributed by atoms with Crippen molar-refractivity contribution in [2.75, 3.05) is 19.7 Å². The number of benzene rings is 2. The Hall–Kier alpha value is -3.35. The van der Waals surface area contributed by atoms with Crippen LogP contribution in [0.5, 0.6) is 0 Å². The number of fused-ring (bicyclic) bond motifs is 3. The molecule has 2 fully saturated rings. The van der Waals surface area contributed by atoms with Crippen LogP contribution in [-0.2, 0) is 14.3 Å². The van der Waals surface area contributed by atoms with E-state index in [-0.39, 0.29) is 43.2 Å². The largest absolute Gasteiger partial charge is 0.481 e. The molecule has 1 saturated heterocycles. The van der Waals surface area contributed by atoms with Crippen molar-refractivity contribution in [1.82, 2.24) is 10.2 Å². The van der Waals surface area contributed by atoms with Gasteiger partial charge in [-0.25, -0.2) is 4.79 Å². The number of piperidine rings is 1. The summed E-state index contributed by atoms with van der Waals surface area (Å²) in [6.07, 6.45) is 3.46. The number of likely N-dealkylation sites (tertiary alicyclic amines) is 1. The van der Waals surface area contributed by atoms with E-state index in [1.165, 1.54) is 11.1 Å². The zero-order valence-corrected chi connectivity index (χ0v) is 19.8. The Bertz CT molecular complexity index is 1070. The van der Waals surface area contributed by atoms with Crippen molar-refractivity contribution < 1.29 is 24.2 Å². The van der Waals surface area contributed by atoms with E-state index in [0.717, 1.165) is 36.8 Å². The van der Waals surface area contributed by atoms with Crippen molar-refractivity contribution in [3.63, 3.8) is 0 Å². The highest BCUT2D eigenvalue weighted by molar-refractivity contribution is 5.80. The molecular weight excluding hydrogens is 444 g/mol. The average Bonchev–Trinajstić information content (AvgIpc) is 3.65. The third-order valence-corrected chi connectivity index (χ3v) is 7.57. The van der Waals surface area contributed by atoms with Crippen LogP contribution in [0.2, 0.25) is 0 Å². The predicted octanol–water partition coefficient (Wildman–Crippen LogP) is 4.41. The molecule has 0 bridgehead atoms. The number of ether oxygens (including phenoxy) is 1. The molecule has 184 valence electrons. The van der Waals surface area contributed by atoms with Crippen molar-refractivity contribution >= 4 is 18.0 Å². The molecule has 1 heterocycles. The Morgan fingerprint density at radius 2 is 1.66 bits per heavy atom. The predicted molar refractivity (Wildman–Crippen MR) is 131 cm³/mol. The molecular formula is C28H32N2O5. The highest BCUT2D eigenvalue weighted by Gasteiger charge is 2.36. The highest BCUT2D eigenvalue weighted by atomic mass is 16.5. The number of hydrogen-bond acceptors (Lipinski definition) is 4. The third-order valence-electron chi connectivity index (χ3n) is 7.57. The summed E-state index contributed by atoms with van der Waals surface area (Å²) in [5, 5.41) is 12.1. The number of hydrogen-bond donors (Lipinski definition) is 2. The first-order valence-corrected chi connectivity index (χ1v) is 12.6. The van der Waals surface area contributed by atoms with Gasteiger partial charge >= 0.3 is 12.1 Å². The minimum Gasteiger partial charge on any atom is -0.481 e. The molecule has 7 nitrogen and oxygen atoms in total. The molecule has 35 heavy (non-hydrogen) atoms. The number of alkyl carbamates (subject to hydrolysis) is 1. The van der Waals surface area contributed by atoms with Gasteiger partial charge in [-0.05, 0) is 59.8 Å². The van der Waals surface area contributed by atoms with Crippen LogP contribution >= 0.6 is 0 Å². The van der Waals surface area contributed by atoms with Crippen molar-refractivity contribution in [2.24, 2.45) is 11.8 Å². The molecule has 1 aliphatic heterocycles. The molecule has 3 aliphatic rings. The molecule has 0 radical (unpaired) electrons. The van der Waals surface area contributed by atoms with Crippen LogP contribution in [0.1, 0.15) is 55.6 Å². The van der Waals surface area contributed by atoms with Crippen LogP contribution in [-0.4, -0.2) is 53.7 Å². The Labute approximate surface area is 205 Å². The van der Waals surface area contributed by atoms with Gasteiger partial charge in [0.15, 0.2) is 0 Å². The number of carboxylic acid groups (broad SMARTS) is 1. The zero-order valence-electron chi connectivity index (χ0n) is 19.8. The van der Waals surface area contributed by atoms with Crippen LogP contribution in [0, 0.1) is 11.8 Å². The molecule has 2 aromatic rings. The van der Waals surface area contributed by atoms with E-state index >= 15 is 0 Å². The van der Waals surface area contributed by atoms with Gasteiger partial charge in [0.05, 0.1) is 0 Å². The summed E-state index contributed by atoms with van der Waals surface area (Å²) in [5.41, 5.74) is 4.69. The topological polar surface area (TPSA) is 95.9 Å². The molecule has 0 spiro atoms. The molecule has 2 unspecified atom stereocenters. The molecule has 1 saturated carbocycles. The SMILES string of the molecule is O=C(O)CC1CCCN(C(=O)CC(NC(=O)OCC2c3ccccc3-c3ccccc32)C2CC2)C1. The van der Waals surface area contributed by atoms with Crippen LogP contribution in [0.4, 0.5) is 4.79 Å². The molecule has 2 atom stereocenters. The average molecular weight is 477 g/mol. The number of rotatable bonds is 8. The second-order valence-corrected chi connectivity index (χ2v) is 10.1. The summed E-state index contributed by atoms with van der Waals surface area (Å²) in [6.45, 7) is 1.37. The van der Waals surface area contributed by atoms with Gasteiger partial charge in [-0.1, -0.05) is 48.5 Å². The van der Waals surface area contributed by atoms with E-state index in [1.807, 2.05) is 24.3 Å². The lowest BCUT2D eigenvalue weighted by Crippen LogP contribution is -2.45. The lowest BCUT2D eigenvalue weighted by atomic mass is 9.94. The number of nitrogens with one attached hydrogen (secondary N) is 1. The number of amides is 2. The number of carbonyl (C=O) groups is 3. The summed E-state index contributed by atoms with van der Waals surface area (Å²) >= 11 is 0. The molecule has 2 aliphatic carbocycles. The van der Waals surface area contributed by atoms with Gasteiger partial charge in [0.25, 0.3) is 0 Å². The van der Waals surface area contributed by atoms with Gasteiger partial charge in [-0.15, -0.1) is 0 Å². The molecule has 2 amide bonds. The van der Waals surface area contributed by atoms with E-state index in [0.29, 0.717) is 19.0 Å². The second-order valence-electron chi connectivity index (χ2n) is 10.1. The Kier molecular flexibility index (Phi) is 6.75. The standard InChI is InChI=1S/C28H32N2O5/c31-26(30-13-5-6-18(16-30)14-27(32)33)15-25(19-11-12-19)29-28(34)35-17-24-22-9-3-1-7-20(22)21-8-2-4-10-23(21)24/h1-4,7-10,18-19,24-25H,5-6,11-17H2,(H,29,34)(H,32,33). The van der Waals surface area contributed by atoms with Gasteiger partial charge in [-0.2, -0.15) is 0 Å². The van der Waals surface area contributed by atoms with Crippen LogP contribution < -0.4 is 5.32 Å². The van der Waals surface area contributed by atoms with Crippen molar-refractivity contribution in [2.45, 2.75) is 50.5 Å². The molecule has 7 heteroatoms. The first-order chi connectivity index (χ1) is 17.0. The van der Waals surface area contributed by atoms with Crippen molar-refractivity contribution in [3.05, 3.63) is 59.7 Å². The maximum Gasteiger partial charge on any atom is 0.407 e. The minimum absolute atomic E-state index is 0.000309. The molecule has 0 aromatic heterocycles. The summed E-state index contributed by atoms with van der Waals surface area (Å²) in [6, 6.07) is 16.2. The van der Waals surface area contributed by atoms with Crippen molar-refractivity contribution in [3.8, 4) is 11.1 Å². The monoisotopic (exact) mass is 476 g/mol. The van der Waals surface area contributed by atoms with Gasteiger partial charge in [0.2, 0.25) is 5.91 Å². The van der Waals surface area contributed by atoms with Gasteiger partial charge in [0.1, 0.15) is 6.61 Å². The van der Waals surface area contributed by atoms with Gasteiger partial charge in [0, 0.05) is 37.9 Å². The maximum atomic E-state index is 13.0. The van der Waals surface area contributed by atoms with Crippen LogP contribution in [0.15, 0.2) is 48.5 Å². The van der Waals surface area contributed by atoms with E-state index in [4.69, 9.17) is 9.84 Å². The Balaban J connectivity index is 1.18. The van der Waals surface area contributed by atoms with Crippen LogP contribution in [0.25, 0.3) is 11.1 Å². The van der Waals surface area contributed by atoms with Gasteiger partial charge in [-0.3, -0.25) is 9.59 Å². The number of nitrogens with zero attached hydrogens (tertiary/aromatic N) is 1. The van der Waals surface area contributed by atoms with Gasteiger partial charge < -0.3 is 20.1 Å². The Morgan fingerprint density at radius 1 is 1.00 bits per heavy atom. The zero-order chi connectivity index (χ0) is 24.4. The first kappa shape index (κ1) is 23.4. The van der Waals surface area contributed by atoms with Crippen molar-refractivity contribution in [1.29, 1.82) is 0 Å². The van der Waals surface area contributed by atoms with E-state index in [2.05, 4.69) is 29.6 Å². The summed E-state index contributed by atoms with van der Waals surface area (Å²) < 4.78 is 5.70. The quantitative estimate of drug-likeness (QED) is 0.589. The fourth-order valence-corrected chi connectivity index (χ4v) is 5.65. The molecule has 5 rings (SSSR count). The normalized spacial score (nSPS) is 20.0. The van der Waals surface area contributed by atoms with E-state index in [9.17, 15) is 14.4 Å². The fourth-order valence-electron chi connectivity index (χ4n) is 5.65. The molecule has 2 N–H and O–H groups in total. The maximum absolute atomic E-state index is 13.0.